The van der Waals surface area contributed by atoms with Gasteiger partial charge in [-0.05, 0) is 33.8 Å². The van der Waals surface area contributed by atoms with Gasteiger partial charge in [0.1, 0.15) is 5.69 Å². The van der Waals surface area contributed by atoms with Crippen LogP contribution in [0.4, 0.5) is 0 Å². The predicted octanol–water partition coefficient (Wildman–Crippen LogP) is 2.51. The van der Waals surface area contributed by atoms with Crippen LogP contribution in [0.1, 0.15) is 39.0 Å². The Morgan fingerprint density at radius 2 is 1.55 bits per heavy atom. The summed E-state index contributed by atoms with van der Waals surface area (Å²) < 4.78 is 10.4. The van der Waals surface area contributed by atoms with Crippen molar-refractivity contribution >= 4 is 23.1 Å². The quantitative estimate of drug-likeness (QED) is 0.536. The Bertz CT molecular complexity index is 669. The molecule has 0 saturated carbocycles. The van der Waals surface area contributed by atoms with E-state index in [4.69, 9.17) is 9.47 Å². The molecule has 2 aliphatic heterocycles. The van der Waals surface area contributed by atoms with Crippen LogP contribution in [0, 0.1) is 0 Å². The van der Waals surface area contributed by atoms with Crippen LogP contribution in [0.2, 0.25) is 0 Å². The lowest BCUT2D eigenvalue weighted by atomic mass is 10.0. The first kappa shape index (κ1) is 12.6. The third kappa shape index (κ3) is 1.59. The van der Waals surface area contributed by atoms with E-state index >= 15 is 0 Å². The number of fused-ring (bicyclic) bond motifs is 2. The lowest BCUT2D eigenvalue weighted by Gasteiger charge is -2.01. The van der Waals surface area contributed by atoms with Crippen molar-refractivity contribution in [3.05, 3.63) is 28.5 Å². The van der Waals surface area contributed by atoms with Gasteiger partial charge >= 0.3 is 11.9 Å². The Hall–Kier alpha value is -2.43. The molecule has 0 unspecified atom stereocenters. The lowest BCUT2D eigenvalue weighted by Crippen LogP contribution is -2.03. The first-order valence-electron chi connectivity index (χ1n) is 6.25. The highest BCUT2D eigenvalue weighted by atomic mass is 16.6. The van der Waals surface area contributed by atoms with Crippen LogP contribution in [-0.4, -0.2) is 16.9 Å². The molecular formula is C15H13NO4. The normalized spacial score (nSPS) is 15.8. The molecule has 0 saturated heterocycles. The van der Waals surface area contributed by atoms with Crippen LogP contribution < -0.4 is 9.47 Å². The topological polar surface area (TPSA) is 65.5 Å². The molecule has 0 atom stereocenters. The fourth-order valence-electron chi connectivity index (χ4n) is 2.40. The first-order chi connectivity index (χ1) is 9.40. The van der Waals surface area contributed by atoms with Crippen molar-refractivity contribution in [2.24, 2.45) is 0 Å². The average Bonchev–Trinajstić information content (AvgIpc) is 2.79. The zero-order valence-electron chi connectivity index (χ0n) is 11.7. The lowest BCUT2D eigenvalue weighted by molar-refractivity contribution is -0.128. The van der Waals surface area contributed by atoms with E-state index in [0.717, 1.165) is 11.1 Å². The second kappa shape index (κ2) is 4.03. The van der Waals surface area contributed by atoms with Crippen LogP contribution in [0.5, 0.6) is 11.6 Å². The smallest absolute Gasteiger partial charge is 0.345 e. The third-order valence-electron chi connectivity index (χ3n) is 3.26. The molecule has 5 nitrogen and oxygen atoms in total. The molecule has 1 aromatic rings. The summed E-state index contributed by atoms with van der Waals surface area (Å²) in [4.78, 5) is 28.0. The monoisotopic (exact) mass is 271 g/mol. The van der Waals surface area contributed by atoms with Crippen molar-refractivity contribution < 1.29 is 19.1 Å². The number of rotatable bonds is 0. The van der Waals surface area contributed by atoms with Gasteiger partial charge in [-0.15, -0.1) is 0 Å². The molecular weight excluding hydrogens is 258 g/mol. The van der Waals surface area contributed by atoms with Gasteiger partial charge in [0.05, 0.1) is 16.7 Å². The van der Waals surface area contributed by atoms with Crippen molar-refractivity contribution in [3.8, 4) is 11.6 Å². The summed E-state index contributed by atoms with van der Waals surface area (Å²) >= 11 is 0. The molecule has 0 aromatic carbocycles. The second-order valence-corrected chi connectivity index (χ2v) is 5.22. The minimum Gasteiger partial charge on any atom is -0.420 e. The van der Waals surface area contributed by atoms with Gasteiger partial charge in [0.25, 0.3) is 0 Å². The Morgan fingerprint density at radius 3 is 2.15 bits per heavy atom. The molecule has 0 spiro atoms. The molecule has 0 bridgehead atoms. The summed E-state index contributed by atoms with van der Waals surface area (Å²) in [5.41, 5.74) is 3.59. The van der Waals surface area contributed by atoms with E-state index in [2.05, 4.69) is 4.98 Å². The third-order valence-corrected chi connectivity index (χ3v) is 3.26. The summed E-state index contributed by atoms with van der Waals surface area (Å²) in [6.07, 6.45) is 0. The maximum Gasteiger partial charge on any atom is 0.345 e. The number of hydrogen-bond donors (Lipinski definition) is 0. The van der Waals surface area contributed by atoms with E-state index < -0.39 is 11.9 Å². The van der Waals surface area contributed by atoms with Gasteiger partial charge in [-0.1, -0.05) is 11.1 Å². The molecule has 3 heterocycles. The number of nitrogens with zero attached hydrogens (tertiary/aromatic N) is 1. The van der Waals surface area contributed by atoms with Crippen molar-refractivity contribution in [2.75, 3.05) is 0 Å². The zero-order chi connectivity index (χ0) is 14.6. The number of allylic oxidation sites excluding steroid dienone is 2. The summed E-state index contributed by atoms with van der Waals surface area (Å²) in [6, 6.07) is 1.65. The highest BCUT2D eigenvalue weighted by Gasteiger charge is 2.36. The van der Waals surface area contributed by atoms with E-state index in [-0.39, 0.29) is 5.88 Å². The number of aromatic nitrogens is 1. The van der Waals surface area contributed by atoms with E-state index in [0.29, 0.717) is 28.2 Å². The maximum absolute atomic E-state index is 11.8. The number of hydrogen-bond acceptors (Lipinski definition) is 5. The molecule has 0 aliphatic carbocycles. The van der Waals surface area contributed by atoms with Crippen LogP contribution in [0.25, 0.3) is 11.1 Å². The van der Waals surface area contributed by atoms with E-state index in [1.807, 2.05) is 27.7 Å². The summed E-state index contributed by atoms with van der Waals surface area (Å²) in [6.45, 7) is 7.28. The van der Waals surface area contributed by atoms with Gasteiger partial charge in [-0.25, -0.2) is 14.6 Å². The highest BCUT2D eigenvalue weighted by Crippen LogP contribution is 2.43. The summed E-state index contributed by atoms with van der Waals surface area (Å²) in [5.74, 6) is -0.216. The number of carbonyl (C=O) groups excluding carboxylic acids is 2. The molecule has 2 aliphatic rings. The molecule has 0 fully saturated rings. The summed E-state index contributed by atoms with van der Waals surface area (Å²) in [7, 11) is 0. The molecule has 0 N–H and O–H groups in total. The Balaban J connectivity index is 2.26. The van der Waals surface area contributed by atoms with Crippen LogP contribution in [0.3, 0.4) is 0 Å². The largest absolute Gasteiger partial charge is 0.420 e. The van der Waals surface area contributed by atoms with E-state index in [9.17, 15) is 9.59 Å². The van der Waals surface area contributed by atoms with Crippen molar-refractivity contribution in [1.29, 1.82) is 0 Å². The molecule has 102 valence electrons. The fraction of sp³-hybridized carbons (Fsp3) is 0.267. The molecule has 3 rings (SSSR count). The minimum absolute atomic E-state index is 0.238. The van der Waals surface area contributed by atoms with Gasteiger partial charge < -0.3 is 9.47 Å². The Kier molecular flexibility index (Phi) is 2.54. The number of pyridine rings is 1. The first-order valence-corrected chi connectivity index (χ1v) is 6.25. The zero-order valence-corrected chi connectivity index (χ0v) is 11.7. The van der Waals surface area contributed by atoms with Crippen LogP contribution in [-0.2, 0) is 9.59 Å². The Labute approximate surface area is 115 Å². The maximum atomic E-state index is 11.8. The number of esters is 2. The number of ether oxygens (including phenoxy) is 2. The highest BCUT2D eigenvalue weighted by molar-refractivity contribution is 6.24. The van der Waals surface area contributed by atoms with Gasteiger partial charge in [0, 0.05) is 0 Å². The summed E-state index contributed by atoms with van der Waals surface area (Å²) in [5, 5.41) is 0. The van der Waals surface area contributed by atoms with E-state index in [1.54, 1.807) is 6.07 Å². The van der Waals surface area contributed by atoms with Crippen LogP contribution >= 0.6 is 0 Å². The predicted molar refractivity (Wildman–Crippen MR) is 72.0 cm³/mol. The van der Waals surface area contributed by atoms with Gasteiger partial charge in [-0.2, -0.15) is 0 Å². The van der Waals surface area contributed by atoms with E-state index in [1.165, 1.54) is 0 Å². The average molecular weight is 271 g/mol. The Morgan fingerprint density at radius 1 is 0.950 bits per heavy atom. The van der Waals surface area contributed by atoms with Crippen molar-refractivity contribution in [2.45, 2.75) is 27.7 Å². The SMILES string of the molecule is CC(C)=C1C(=O)Oc2nc3c(cc21)OC(=O)C3=C(C)C. The van der Waals surface area contributed by atoms with Crippen molar-refractivity contribution in [1.82, 2.24) is 4.98 Å². The molecule has 0 radical (unpaired) electrons. The van der Waals surface area contributed by atoms with Crippen molar-refractivity contribution in [3.63, 3.8) is 0 Å². The fourth-order valence-corrected chi connectivity index (χ4v) is 2.40. The van der Waals surface area contributed by atoms with Gasteiger partial charge in [-0.3, -0.25) is 0 Å². The molecule has 1 aromatic heterocycles. The number of carbonyl (C=O) groups is 2. The van der Waals surface area contributed by atoms with Crippen LogP contribution in [0.15, 0.2) is 17.2 Å². The minimum atomic E-state index is -0.416. The molecule has 20 heavy (non-hydrogen) atoms. The second-order valence-electron chi connectivity index (χ2n) is 5.22. The standard InChI is InChI=1S/C15H13NO4/c1-6(2)10-8-5-9-12(16-13(8)20-14(10)17)11(7(3)4)15(18)19-9/h5H,1-4H3. The molecule has 0 amide bonds. The van der Waals surface area contributed by atoms with Gasteiger partial charge in [0.15, 0.2) is 5.75 Å². The molecule has 5 heteroatoms. The van der Waals surface area contributed by atoms with Gasteiger partial charge in [0.2, 0.25) is 5.88 Å².